The molecule has 0 spiro atoms. The number of nitrogens with zero attached hydrogens (tertiary/aromatic N) is 1. The summed E-state index contributed by atoms with van der Waals surface area (Å²) in [7, 11) is -4.62. The van der Waals surface area contributed by atoms with Gasteiger partial charge in [0.15, 0.2) is 12.2 Å². The van der Waals surface area contributed by atoms with Gasteiger partial charge in [-0.05, 0) is 37.9 Å². The highest BCUT2D eigenvalue weighted by molar-refractivity contribution is 7.93. The van der Waals surface area contributed by atoms with Gasteiger partial charge >= 0.3 is 0 Å². The van der Waals surface area contributed by atoms with Crippen LogP contribution in [0.4, 0.5) is 0 Å². The van der Waals surface area contributed by atoms with E-state index in [1.807, 2.05) is 0 Å². The van der Waals surface area contributed by atoms with E-state index in [2.05, 4.69) is 10.6 Å². The summed E-state index contributed by atoms with van der Waals surface area (Å²) < 4.78 is 27.4. The third-order valence-corrected chi connectivity index (χ3v) is 7.49. The van der Waals surface area contributed by atoms with Gasteiger partial charge in [0.25, 0.3) is 0 Å². The Hall–Kier alpha value is -2.87. The molecule has 1 aromatic rings. The molecule has 8 N–H and O–H groups in total. The normalized spacial score (nSPS) is 18.5. The van der Waals surface area contributed by atoms with Crippen molar-refractivity contribution in [2.24, 2.45) is 11.5 Å². The second-order valence-corrected chi connectivity index (χ2v) is 9.50. The van der Waals surface area contributed by atoms with Crippen molar-refractivity contribution < 1.29 is 27.9 Å². The minimum atomic E-state index is -4.62. The summed E-state index contributed by atoms with van der Waals surface area (Å²) >= 11 is 0. The third kappa shape index (κ3) is 4.96. The lowest BCUT2D eigenvalue weighted by Crippen LogP contribution is -2.68. The molecule has 1 unspecified atom stereocenters. The predicted molar refractivity (Wildman–Crippen MR) is 115 cm³/mol. The van der Waals surface area contributed by atoms with Gasteiger partial charge in [-0.15, -0.1) is 0 Å². The Morgan fingerprint density at radius 3 is 2.47 bits per heavy atom. The number of nitrogens with two attached hydrogens (primary N) is 2. The molecule has 0 saturated carbocycles. The number of amides is 2. The molecule has 1 fully saturated rings. The van der Waals surface area contributed by atoms with Crippen LogP contribution in [0.15, 0.2) is 35.2 Å². The van der Waals surface area contributed by atoms with E-state index < -0.39 is 51.6 Å². The number of carbonyl (C=O) groups excluding carboxylic acids is 3. The molecule has 0 bridgehead atoms. The van der Waals surface area contributed by atoms with Crippen LogP contribution in [0.25, 0.3) is 0 Å². The van der Waals surface area contributed by atoms with Crippen LogP contribution >= 0.6 is 0 Å². The van der Waals surface area contributed by atoms with E-state index in [1.165, 1.54) is 24.3 Å². The lowest BCUT2D eigenvalue weighted by molar-refractivity contribution is -0.155. The van der Waals surface area contributed by atoms with E-state index in [-0.39, 0.29) is 30.1 Å². The van der Waals surface area contributed by atoms with E-state index >= 15 is 0 Å². The molecule has 0 aliphatic carbocycles. The van der Waals surface area contributed by atoms with Gasteiger partial charge in [-0.25, -0.2) is 8.42 Å². The molecule has 1 aliphatic heterocycles. The Morgan fingerprint density at radius 2 is 2.00 bits per heavy atom. The number of carbonyl (C=O) groups is 3. The monoisotopic (exact) mass is 468 g/mol. The van der Waals surface area contributed by atoms with Crippen molar-refractivity contribution in [2.75, 3.05) is 19.7 Å². The second-order valence-electron chi connectivity index (χ2n) is 7.32. The number of sulfone groups is 1. The summed E-state index contributed by atoms with van der Waals surface area (Å²) in [4.78, 5) is 36.3. The second kappa shape index (κ2) is 10.6. The van der Waals surface area contributed by atoms with Crippen molar-refractivity contribution in [2.45, 2.75) is 41.1 Å². The smallest absolute Gasteiger partial charge is 0.250 e. The van der Waals surface area contributed by atoms with Gasteiger partial charge in [0.2, 0.25) is 26.5 Å². The Morgan fingerprint density at radius 1 is 1.38 bits per heavy atom. The molecule has 13 heteroatoms. The van der Waals surface area contributed by atoms with Crippen LogP contribution in [0.3, 0.4) is 0 Å². The van der Waals surface area contributed by atoms with Crippen LogP contribution in [0.2, 0.25) is 0 Å². The Balaban J connectivity index is 2.65. The molecule has 2 amide bonds. The summed E-state index contributed by atoms with van der Waals surface area (Å²) in [6.07, 6.45) is -0.116. The lowest BCUT2D eigenvalue weighted by atomic mass is 10.0. The zero-order valence-corrected chi connectivity index (χ0v) is 18.2. The molecule has 0 aromatic heterocycles. The molecule has 176 valence electrons. The highest BCUT2D eigenvalue weighted by Crippen LogP contribution is 2.34. The standard InChI is InChI=1S/C19H28N6O6S/c20-14(11-26)16(28)25(17(29)15-7-10-23-15)19(12-27,8-4-9-24-18(21)22)32(30,31)13-5-2-1-3-6-13/h1-3,5-6,12,14-15,23,26H,4,7-11,20H2,(H4,21,22,24)/t14-,15?,19-/m1/s1. The first-order chi connectivity index (χ1) is 15.1. The number of rotatable bonds is 11. The fourth-order valence-electron chi connectivity index (χ4n) is 3.29. The average molecular weight is 469 g/mol. The molecule has 1 aromatic carbocycles. The lowest BCUT2D eigenvalue weighted by Gasteiger charge is -2.42. The SMILES string of the molecule is N=C(N)NCCC[C@@](C=O)(N(C(=O)C1CCN1)C(=O)[C@H](N)CO)S(=O)(=O)c1ccccc1. The summed E-state index contributed by atoms with van der Waals surface area (Å²) in [5.41, 5.74) is 10.9. The third-order valence-electron chi connectivity index (χ3n) is 5.19. The van der Waals surface area contributed by atoms with Crippen LogP contribution < -0.4 is 22.1 Å². The number of hydrogen-bond acceptors (Lipinski definition) is 9. The fourth-order valence-corrected chi connectivity index (χ4v) is 5.17. The highest BCUT2D eigenvalue weighted by Gasteiger charge is 2.56. The molecule has 12 nitrogen and oxygen atoms in total. The first-order valence-electron chi connectivity index (χ1n) is 9.94. The van der Waals surface area contributed by atoms with Gasteiger partial charge < -0.3 is 27.2 Å². The zero-order valence-electron chi connectivity index (χ0n) is 17.4. The van der Waals surface area contributed by atoms with Gasteiger partial charge in [0.1, 0.15) is 6.04 Å². The van der Waals surface area contributed by atoms with Gasteiger partial charge in [0, 0.05) is 6.54 Å². The fraction of sp³-hybridized carbons (Fsp3) is 0.474. The summed E-state index contributed by atoms with van der Waals surface area (Å²) in [5, 5.41) is 21.9. The number of nitrogens with one attached hydrogen (secondary N) is 3. The molecule has 3 atom stereocenters. The Labute approximate surface area is 185 Å². The Bertz CT molecular complexity index is 936. The topological polar surface area (TPSA) is 209 Å². The average Bonchev–Trinajstić information content (AvgIpc) is 2.73. The number of imide groups is 1. The van der Waals surface area contributed by atoms with Crippen LogP contribution in [-0.4, -0.2) is 79.1 Å². The van der Waals surface area contributed by atoms with Crippen molar-refractivity contribution in [3.8, 4) is 0 Å². The number of aldehydes is 1. The molecule has 1 saturated heterocycles. The van der Waals surface area contributed by atoms with Gasteiger partial charge in [-0.1, -0.05) is 18.2 Å². The minimum absolute atomic E-state index is 0.0131. The predicted octanol–water partition coefficient (Wildman–Crippen LogP) is -2.34. The molecular weight excluding hydrogens is 440 g/mol. The number of hydrogen-bond donors (Lipinski definition) is 6. The van der Waals surface area contributed by atoms with Crippen LogP contribution in [0.1, 0.15) is 19.3 Å². The molecule has 2 rings (SSSR count). The maximum Gasteiger partial charge on any atom is 0.250 e. The number of aliphatic hydroxyl groups excluding tert-OH is 1. The largest absolute Gasteiger partial charge is 0.394 e. The first kappa shape index (κ1) is 25.4. The van der Waals surface area contributed by atoms with Gasteiger partial charge in [0.05, 0.1) is 17.5 Å². The van der Waals surface area contributed by atoms with Crippen LogP contribution in [0.5, 0.6) is 0 Å². The van der Waals surface area contributed by atoms with Crippen molar-refractivity contribution in [1.82, 2.24) is 15.5 Å². The van der Waals surface area contributed by atoms with E-state index in [1.54, 1.807) is 6.07 Å². The van der Waals surface area contributed by atoms with E-state index in [9.17, 15) is 27.9 Å². The first-order valence-corrected chi connectivity index (χ1v) is 11.4. The quantitative estimate of drug-likeness (QED) is 0.0881. The molecule has 1 aliphatic rings. The van der Waals surface area contributed by atoms with Crippen LogP contribution in [-0.2, 0) is 24.2 Å². The van der Waals surface area contributed by atoms with E-state index in [4.69, 9.17) is 16.9 Å². The van der Waals surface area contributed by atoms with Crippen LogP contribution in [0, 0.1) is 5.41 Å². The number of benzene rings is 1. The van der Waals surface area contributed by atoms with Crippen molar-refractivity contribution in [1.29, 1.82) is 5.41 Å². The van der Waals surface area contributed by atoms with Gasteiger partial charge in [-0.2, -0.15) is 0 Å². The van der Waals surface area contributed by atoms with E-state index in [0.717, 1.165) is 0 Å². The number of aliphatic hydroxyl groups is 1. The minimum Gasteiger partial charge on any atom is -0.394 e. The van der Waals surface area contributed by atoms with Gasteiger partial charge in [-0.3, -0.25) is 24.7 Å². The molecular formula is C19H28N6O6S. The molecule has 32 heavy (non-hydrogen) atoms. The maximum absolute atomic E-state index is 13.7. The maximum atomic E-state index is 13.7. The summed E-state index contributed by atoms with van der Waals surface area (Å²) in [6, 6.07) is 4.49. The van der Waals surface area contributed by atoms with Crippen molar-refractivity contribution in [3.05, 3.63) is 30.3 Å². The van der Waals surface area contributed by atoms with Crippen molar-refractivity contribution in [3.63, 3.8) is 0 Å². The zero-order chi connectivity index (χ0) is 23.9. The Kier molecular flexibility index (Phi) is 8.44. The summed E-state index contributed by atoms with van der Waals surface area (Å²) in [6.45, 7) is -0.362. The highest BCUT2D eigenvalue weighted by atomic mass is 32.2. The van der Waals surface area contributed by atoms with E-state index in [0.29, 0.717) is 17.9 Å². The van der Waals surface area contributed by atoms with Crippen molar-refractivity contribution >= 4 is 33.9 Å². The molecule has 0 radical (unpaired) electrons. The summed E-state index contributed by atoms with van der Waals surface area (Å²) in [5.74, 6) is -2.47. The number of guanidine groups is 1. The molecule has 1 heterocycles.